The van der Waals surface area contributed by atoms with Crippen LogP contribution >= 0.6 is 0 Å². The number of likely N-dealkylation sites (tertiary alicyclic amines) is 2. The van der Waals surface area contributed by atoms with Crippen molar-refractivity contribution in [3.8, 4) is 0 Å². The zero-order valence-corrected chi connectivity index (χ0v) is 33.1. The Kier molecular flexibility index (Phi) is 14.6. The van der Waals surface area contributed by atoms with Crippen molar-refractivity contribution in [2.24, 2.45) is 23.7 Å². The maximum absolute atomic E-state index is 12.3. The number of aliphatic hydroxyl groups excluding tert-OH is 1. The molecule has 0 bridgehead atoms. The quantitative estimate of drug-likeness (QED) is 0.0741. The van der Waals surface area contributed by atoms with Crippen molar-refractivity contribution >= 4 is 35.5 Å². The summed E-state index contributed by atoms with van der Waals surface area (Å²) in [5, 5.41) is 38.9. The van der Waals surface area contributed by atoms with Gasteiger partial charge in [0.2, 0.25) is 0 Å². The fourth-order valence-electron chi connectivity index (χ4n) is 8.19. The van der Waals surface area contributed by atoms with Crippen LogP contribution in [0.4, 0.5) is 21.0 Å². The highest BCUT2D eigenvalue weighted by molar-refractivity contribution is 5.89. The summed E-state index contributed by atoms with van der Waals surface area (Å²) in [6.07, 6.45) is 2.14. The molecule has 0 radical (unpaired) electrons. The van der Waals surface area contributed by atoms with Crippen molar-refractivity contribution in [3.05, 3.63) is 152 Å². The molecule has 0 spiro atoms. The molecule has 2 aliphatic carbocycles. The Morgan fingerprint density at radius 2 is 0.951 bits per heavy atom. The Hall–Kier alpha value is -6.88. The molecule has 320 valence electrons. The average molecular weight is 839 g/mol. The minimum atomic E-state index is -1.09. The monoisotopic (exact) mass is 838 g/mol. The molecular formula is C44H46N4O13. The largest absolute Gasteiger partial charge is 0.478 e. The van der Waals surface area contributed by atoms with Crippen molar-refractivity contribution in [3.63, 3.8) is 0 Å². The first kappa shape index (κ1) is 43.7. The number of nitro benzene ring substituents is 2. The molecular weight excluding hydrogens is 792 g/mol. The van der Waals surface area contributed by atoms with Gasteiger partial charge in [0.25, 0.3) is 11.4 Å². The second-order valence-electron chi connectivity index (χ2n) is 15.5. The Labute approximate surface area is 350 Å². The van der Waals surface area contributed by atoms with Gasteiger partial charge in [-0.2, -0.15) is 0 Å². The van der Waals surface area contributed by atoms with E-state index in [-0.39, 0.29) is 59.8 Å². The van der Waals surface area contributed by atoms with E-state index >= 15 is 0 Å². The summed E-state index contributed by atoms with van der Waals surface area (Å²) >= 11 is 0. The van der Waals surface area contributed by atoms with Gasteiger partial charge in [0, 0.05) is 50.4 Å². The summed E-state index contributed by atoms with van der Waals surface area (Å²) in [5.41, 5.74) is 2.11. The normalized spacial score (nSPS) is 22.0. The predicted molar refractivity (Wildman–Crippen MR) is 217 cm³/mol. The molecule has 4 aromatic rings. The van der Waals surface area contributed by atoms with Crippen molar-refractivity contribution < 1.29 is 53.4 Å². The number of ether oxygens (including phenoxy) is 3. The molecule has 2 saturated heterocycles. The fourth-order valence-corrected chi connectivity index (χ4v) is 8.19. The fraction of sp³-hybridized carbons (Fsp3) is 0.364. The number of carboxylic acids is 1. The highest BCUT2D eigenvalue weighted by atomic mass is 16.6. The second-order valence-corrected chi connectivity index (χ2v) is 15.5. The van der Waals surface area contributed by atoms with Crippen LogP contribution in [0.2, 0.25) is 0 Å². The highest BCUT2D eigenvalue weighted by Gasteiger charge is 2.44. The van der Waals surface area contributed by atoms with Crippen molar-refractivity contribution in [2.75, 3.05) is 26.2 Å². The third-order valence-corrected chi connectivity index (χ3v) is 11.3. The smallest absolute Gasteiger partial charge is 0.410 e. The molecule has 17 heteroatoms. The van der Waals surface area contributed by atoms with Crippen LogP contribution in [-0.4, -0.2) is 92.4 Å². The number of carboxylic acid groups (broad SMARTS) is 1. The molecule has 4 aliphatic rings. The Morgan fingerprint density at radius 3 is 1.33 bits per heavy atom. The maximum atomic E-state index is 12.3. The van der Waals surface area contributed by atoms with Crippen LogP contribution < -0.4 is 0 Å². The molecule has 2 unspecified atom stereocenters. The zero-order valence-electron chi connectivity index (χ0n) is 33.1. The standard InChI is InChI=1S/C22H22N2O6.C15H19NO3.C7H5NO4/c25-21(16-6-8-19(9-7-16)24(27)28)30-20-10-17-12-23(13-18(17)11-20)22(26)29-14-15-4-2-1-3-5-15;17-14-6-12-8-16(9-13(12)7-14)15(18)19-10-11-4-2-1-3-5-11;9-7(10)5-1-3-6(4-2-5)8(11)12/h1-9,17-18,20H,10-14H2;1-5,12-14,17H,6-10H2;1-4H,(H,9,10)/t17-,18+,20?;12-,13+,14?;. The first-order valence-corrected chi connectivity index (χ1v) is 19.9. The van der Waals surface area contributed by atoms with Gasteiger partial charge in [-0.3, -0.25) is 20.2 Å². The lowest BCUT2D eigenvalue weighted by atomic mass is 10.0. The number of aromatic carboxylic acids is 1. The van der Waals surface area contributed by atoms with E-state index in [1.165, 1.54) is 36.4 Å². The van der Waals surface area contributed by atoms with Crippen LogP contribution in [0.3, 0.4) is 0 Å². The van der Waals surface area contributed by atoms with Gasteiger partial charge in [0.15, 0.2) is 0 Å². The summed E-state index contributed by atoms with van der Waals surface area (Å²) < 4.78 is 16.3. The first-order chi connectivity index (χ1) is 29.3. The van der Waals surface area contributed by atoms with E-state index in [4.69, 9.17) is 19.3 Å². The van der Waals surface area contributed by atoms with Crippen LogP contribution in [0.5, 0.6) is 0 Å². The average Bonchev–Trinajstić information content (AvgIpc) is 4.03. The predicted octanol–water partition coefficient (Wildman–Crippen LogP) is 7.12. The number of nitro groups is 2. The van der Waals surface area contributed by atoms with Crippen LogP contribution in [0, 0.1) is 43.9 Å². The van der Waals surface area contributed by atoms with Gasteiger partial charge in [-0.25, -0.2) is 19.2 Å². The van der Waals surface area contributed by atoms with Gasteiger partial charge in [0.05, 0.1) is 27.1 Å². The molecule has 2 N–H and O–H groups in total. The minimum absolute atomic E-state index is 0.0422. The number of non-ortho nitro benzene ring substituents is 2. The molecule has 2 amide bonds. The number of nitrogens with zero attached hydrogens (tertiary/aromatic N) is 4. The van der Waals surface area contributed by atoms with Crippen molar-refractivity contribution in [2.45, 2.75) is 51.1 Å². The number of rotatable bonds is 9. The van der Waals surface area contributed by atoms with Crippen LogP contribution in [0.15, 0.2) is 109 Å². The third-order valence-electron chi connectivity index (χ3n) is 11.3. The number of esters is 1. The van der Waals surface area contributed by atoms with E-state index in [1.807, 2.05) is 60.7 Å². The SMILES string of the molecule is O=C(O)c1ccc([N+](=O)[O-])cc1.O=C(OC1C[C@@H]2CN(C(=O)OCc3ccccc3)C[C@@H]2C1)c1ccc([N+](=O)[O-])cc1.O=C(OCc1ccccc1)N1C[C@H]2CC(O)C[C@H]2C1. The van der Waals surface area contributed by atoms with Gasteiger partial charge >= 0.3 is 24.1 Å². The van der Waals surface area contributed by atoms with Crippen LogP contribution in [-0.2, 0) is 27.4 Å². The molecule has 4 fully saturated rings. The van der Waals surface area contributed by atoms with E-state index in [0.717, 1.165) is 49.2 Å². The zero-order chi connectivity index (χ0) is 43.5. The molecule has 8 rings (SSSR count). The lowest BCUT2D eigenvalue weighted by Crippen LogP contribution is -2.31. The van der Waals surface area contributed by atoms with E-state index in [9.17, 15) is 44.5 Å². The molecule has 61 heavy (non-hydrogen) atoms. The van der Waals surface area contributed by atoms with Gasteiger partial charge in [-0.05, 0) is 84.7 Å². The summed E-state index contributed by atoms with van der Waals surface area (Å²) in [4.78, 5) is 70.2. The number of hydrogen-bond donors (Lipinski definition) is 2. The number of carbonyl (C=O) groups is 4. The summed E-state index contributed by atoms with van der Waals surface area (Å²) in [6, 6.07) is 29.3. The minimum Gasteiger partial charge on any atom is -0.478 e. The summed E-state index contributed by atoms with van der Waals surface area (Å²) in [6.45, 7) is 3.24. The topological polar surface area (TPSA) is 229 Å². The van der Waals surface area contributed by atoms with Gasteiger partial charge in [-0.15, -0.1) is 0 Å². The lowest BCUT2D eigenvalue weighted by Gasteiger charge is -2.19. The molecule has 17 nitrogen and oxygen atoms in total. The maximum Gasteiger partial charge on any atom is 0.410 e. The van der Waals surface area contributed by atoms with Gasteiger partial charge in [-0.1, -0.05) is 60.7 Å². The number of amides is 2. The molecule has 2 aliphatic heterocycles. The summed E-state index contributed by atoms with van der Waals surface area (Å²) in [7, 11) is 0. The second kappa shape index (κ2) is 20.4. The number of carbonyl (C=O) groups excluding carboxylic acids is 3. The molecule has 2 saturated carbocycles. The highest BCUT2D eigenvalue weighted by Crippen LogP contribution is 2.40. The Morgan fingerprint density at radius 1 is 0.574 bits per heavy atom. The lowest BCUT2D eigenvalue weighted by molar-refractivity contribution is -0.385. The third kappa shape index (κ3) is 12.1. The molecule has 2 heterocycles. The molecule has 4 aromatic carbocycles. The van der Waals surface area contributed by atoms with E-state index in [1.54, 1.807) is 9.80 Å². The van der Waals surface area contributed by atoms with Gasteiger partial charge in [0.1, 0.15) is 19.3 Å². The Bertz CT molecular complexity index is 2090. The van der Waals surface area contributed by atoms with Crippen LogP contribution in [0.25, 0.3) is 0 Å². The van der Waals surface area contributed by atoms with Gasteiger partial charge < -0.3 is 34.2 Å². The Balaban J connectivity index is 0.000000171. The number of benzene rings is 4. The van der Waals surface area contributed by atoms with E-state index in [0.29, 0.717) is 49.9 Å². The number of fused-ring (bicyclic) bond motifs is 2. The summed E-state index contributed by atoms with van der Waals surface area (Å²) in [5.74, 6) is -0.0923. The van der Waals surface area contributed by atoms with Crippen LogP contribution in [0.1, 0.15) is 57.5 Å². The molecule has 6 atom stereocenters. The van der Waals surface area contributed by atoms with Crippen molar-refractivity contribution in [1.29, 1.82) is 0 Å². The van der Waals surface area contributed by atoms with E-state index in [2.05, 4.69) is 0 Å². The molecule has 0 aromatic heterocycles. The first-order valence-electron chi connectivity index (χ1n) is 19.9. The van der Waals surface area contributed by atoms with E-state index < -0.39 is 21.8 Å². The van der Waals surface area contributed by atoms with Crippen molar-refractivity contribution in [1.82, 2.24) is 9.80 Å². The number of hydrogen-bond acceptors (Lipinski definition) is 12. The number of aliphatic hydroxyl groups is 1.